The third kappa shape index (κ3) is 3.17. The van der Waals surface area contributed by atoms with Gasteiger partial charge in [0.2, 0.25) is 0 Å². The molecule has 19 heavy (non-hydrogen) atoms. The predicted octanol–water partition coefficient (Wildman–Crippen LogP) is -0.00740. The summed E-state index contributed by atoms with van der Waals surface area (Å²) in [6.07, 6.45) is 0.582. The van der Waals surface area contributed by atoms with Gasteiger partial charge in [-0.15, -0.1) is 0 Å². The van der Waals surface area contributed by atoms with Gasteiger partial charge in [-0.25, -0.2) is 8.42 Å². The number of nitrogens with two attached hydrogens (primary N) is 2. The smallest absolute Gasteiger partial charge is 0.250 e. The number of carbonyl (C=O) groups excluding carboxylic acids is 1. The number of primary amides is 1. The number of nitrogen functional groups attached to an aromatic ring is 1. The Morgan fingerprint density at radius 3 is 2.63 bits per heavy atom. The van der Waals surface area contributed by atoms with Crippen LogP contribution in [0.1, 0.15) is 16.8 Å². The first-order valence-electron chi connectivity index (χ1n) is 6.04. The molecular formula is C12H17N3O3S. The van der Waals surface area contributed by atoms with Crippen molar-refractivity contribution in [1.29, 1.82) is 0 Å². The fourth-order valence-corrected chi connectivity index (χ4v) is 3.42. The number of sulfone groups is 1. The number of benzene rings is 1. The molecule has 0 spiro atoms. The van der Waals surface area contributed by atoms with E-state index in [4.69, 9.17) is 11.5 Å². The average molecular weight is 283 g/mol. The molecule has 6 nitrogen and oxygen atoms in total. The Balaban J connectivity index is 2.27. The third-order valence-electron chi connectivity index (χ3n) is 3.22. The summed E-state index contributed by atoms with van der Waals surface area (Å²) >= 11 is 0. The lowest BCUT2D eigenvalue weighted by atomic mass is 10.1. The van der Waals surface area contributed by atoms with Gasteiger partial charge in [0.25, 0.3) is 5.91 Å². The number of nitrogens with zero attached hydrogens (tertiary/aromatic N) is 1. The van der Waals surface area contributed by atoms with Gasteiger partial charge in [0.05, 0.1) is 17.1 Å². The second-order valence-corrected chi connectivity index (χ2v) is 6.93. The first-order valence-corrected chi connectivity index (χ1v) is 7.86. The lowest BCUT2D eigenvalue weighted by Gasteiger charge is -2.22. The van der Waals surface area contributed by atoms with E-state index in [0.717, 1.165) is 5.69 Å². The van der Waals surface area contributed by atoms with E-state index >= 15 is 0 Å². The van der Waals surface area contributed by atoms with Gasteiger partial charge in [-0.2, -0.15) is 0 Å². The number of hydrogen-bond acceptors (Lipinski definition) is 5. The van der Waals surface area contributed by atoms with Crippen molar-refractivity contribution in [3.05, 3.63) is 23.8 Å². The highest BCUT2D eigenvalue weighted by Crippen LogP contribution is 2.22. The minimum absolute atomic E-state index is 0.128. The zero-order chi connectivity index (χ0) is 14.0. The lowest BCUT2D eigenvalue weighted by molar-refractivity contribution is 0.100. The first-order chi connectivity index (χ1) is 8.89. The van der Waals surface area contributed by atoms with Crippen LogP contribution in [0.3, 0.4) is 0 Å². The van der Waals surface area contributed by atoms with E-state index in [-0.39, 0.29) is 17.1 Å². The molecule has 1 aliphatic heterocycles. The lowest BCUT2D eigenvalue weighted by Crippen LogP contribution is -2.27. The molecule has 2 rings (SSSR count). The van der Waals surface area contributed by atoms with Crippen molar-refractivity contribution in [2.24, 2.45) is 5.73 Å². The molecule has 1 heterocycles. The molecule has 0 radical (unpaired) electrons. The topological polar surface area (TPSA) is 106 Å². The molecule has 0 aliphatic carbocycles. The van der Waals surface area contributed by atoms with Crippen LogP contribution in [0, 0.1) is 0 Å². The van der Waals surface area contributed by atoms with Gasteiger partial charge in [0, 0.05) is 24.5 Å². The van der Waals surface area contributed by atoms with Crippen LogP contribution >= 0.6 is 0 Å². The molecular weight excluding hydrogens is 266 g/mol. The summed E-state index contributed by atoms with van der Waals surface area (Å²) in [7, 11) is -2.95. The zero-order valence-electron chi connectivity index (χ0n) is 10.5. The van der Waals surface area contributed by atoms with Gasteiger partial charge >= 0.3 is 0 Å². The van der Waals surface area contributed by atoms with Gasteiger partial charge in [-0.1, -0.05) is 0 Å². The molecule has 0 unspecified atom stereocenters. The maximum absolute atomic E-state index is 11.6. The number of anilines is 2. The normalized spacial score (nSPS) is 18.8. The summed E-state index contributed by atoms with van der Waals surface area (Å²) in [6.45, 7) is 1.06. The first kappa shape index (κ1) is 13.7. The van der Waals surface area contributed by atoms with Gasteiger partial charge in [0.15, 0.2) is 9.84 Å². The Hall–Kier alpha value is -1.76. The van der Waals surface area contributed by atoms with E-state index in [9.17, 15) is 13.2 Å². The van der Waals surface area contributed by atoms with Crippen LogP contribution in [0.5, 0.6) is 0 Å². The Morgan fingerprint density at radius 1 is 1.21 bits per heavy atom. The summed E-state index contributed by atoms with van der Waals surface area (Å²) in [4.78, 5) is 13.2. The van der Waals surface area contributed by atoms with Crippen LogP contribution < -0.4 is 16.4 Å². The van der Waals surface area contributed by atoms with E-state index < -0.39 is 15.7 Å². The second-order valence-electron chi connectivity index (χ2n) is 4.63. The largest absolute Gasteiger partial charge is 0.398 e. The van der Waals surface area contributed by atoms with Crippen molar-refractivity contribution in [3.8, 4) is 0 Å². The van der Waals surface area contributed by atoms with E-state index in [1.807, 2.05) is 4.90 Å². The predicted molar refractivity (Wildman–Crippen MR) is 74.9 cm³/mol. The van der Waals surface area contributed by atoms with Crippen LogP contribution in [0.15, 0.2) is 18.2 Å². The Bertz CT molecular complexity index is 598. The summed E-state index contributed by atoms with van der Waals surface area (Å²) in [5.74, 6) is -0.244. The highest BCUT2D eigenvalue weighted by molar-refractivity contribution is 7.91. The van der Waals surface area contributed by atoms with Crippen LogP contribution in [0.4, 0.5) is 11.4 Å². The molecule has 0 aromatic heterocycles. The maximum atomic E-state index is 11.6. The maximum Gasteiger partial charge on any atom is 0.250 e. The van der Waals surface area contributed by atoms with Gasteiger partial charge in [0.1, 0.15) is 0 Å². The number of rotatable bonds is 2. The molecule has 1 aromatic rings. The van der Waals surface area contributed by atoms with E-state index in [1.165, 1.54) is 0 Å². The number of hydrogen-bond donors (Lipinski definition) is 2. The number of amides is 1. The minimum atomic E-state index is -2.95. The summed E-state index contributed by atoms with van der Waals surface area (Å²) in [5.41, 5.74) is 12.3. The zero-order valence-corrected chi connectivity index (χ0v) is 11.3. The van der Waals surface area contributed by atoms with Crippen molar-refractivity contribution in [3.63, 3.8) is 0 Å². The van der Waals surface area contributed by atoms with Crippen LogP contribution in [-0.4, -0.2) is 38.9 Å². The minimum Gasteiger partial charge on any atom is -0.398 e. The van der Waals surface area contributed by atoms with Crippen molar-refractivity contribution < 1.29 is 13.2 Å². The molecule has 1 saturated heterocycles. The van der Waals surface area contributed by atoms with Crippen LogP contribution in [0.25, 0.3) is 0 Å². The number of carbonyl (C=O) groups is 1. The monoisotopic (exact) mass is 283 g/mol. The third-order valence-corrected chi connectivity index (χ3v) is 4.94. The van der Waals surface area contributed by atoms with Crippen molar-refractivity contribution in [1.82, 2.24) is 0 Å². The van der Waals surface area contributed by atoms with E-state index in [2.05, 4.69) is 0 Å². The molecule has 0 bridgehead atoms. The van der Waals surface area contributed by atoms with Crippen LogP contribution in [0.2, 0.25) is 0 Å². The highest BCUT2D eigenvalue weighted by Gasteiger charge is 2.20. The summed E-state index contributed by atoms with van der Waals surface area (Å²) in [5, 5.41) is 0. The highest BCUT2D eigenvalue weighted by atomic mass is 32.2. The molecule has 1 aromatic carbocycles. The quantitative estimate of drug-likeness (QED) is 0.743. The average Bonchev–Trinajstić information content (AvgIpc) is 2.51. The fourth-order valence-electron chi connectivity index (χ4n) is 2.15. The Labute approximate surface area is 112 Å². The SMILES string of the molecule is NC(=O)c1cc(N2CCCS(=O)(=O)CC2)ccc1N. The van der Waals surface area contributed by atoms with Crippen molar-refractivity contribution >= 4 is 27.1 Å². The fraction of sp³-hybridized carbons (Fsp3) is 0.417. The summed E-state index contributed by atoms with van der Waals surface area (Å²) < 4.78 is 23.1. The van der Waals surface area contributed by atoms with E-state index in [0.29, 0.717) is 25.2 Å². The molecule has 1 aliphatic rings. The Kier molecular flexibility index (Phi) is 3.66. The van der Waals surface area contributed by atoms with Gasteiger partial charge < -0.3 is 16.4 Å². The van der Waals surface area contributed by atoms with Crippen molar-refractivity contribution in [2.75, 3.05) is 35.2 Å². The van der Waals surface area contributed by atoms with Crippen LogP contribution in [-0.2, 0) is 9.84 Å². The molecule has 0 atom stereocenters. The van der Waals surface area contributed by atoms with Gasteiger partial charge in [-0.3, -0.25) is 4.79 Å². The molecule has 0 saturated carbocycles. The standard InChI is InChI=1S/C12H17N3O3S/c13-11-3-2-9(8-10(11)12(14)16)15-4-1-6-19(17,18)7-5-15/h2-3,8H,1,4-7,13H2,(H2,14,16). The molecule has 1 fully saturated rings. The van der Waals surface area contributed by atoms with Crippen molar-refractivity contribution in [2.45, 2.75) is 6.42 Å². The van der Waals surface area contributed by atoms with Gasteiger partial charge in [-0.05, 0) is 24.6 Å². The molecule has 104 valence electrons. The van der Waals surface area contributed by atoms with E-state index in [1.54, 1.807) is 18.2 Å². The second kappa shape index (κ2) is 5.08. The Morgan fingerprint density at radius 2 is 1.95 bits per heavy atom. The molecule has 4 N–H and O–H groups in total. The molecule has 1 amide bonds. The summed E-state index contributed by atoms with van der Waals surface area (Å²) in [6, 6.07) is 5.02. The molecule has 7 heteroatoms.